The Kier molecular flexibility index (Phi) is 4.71. The minimum Gasteiger partial charge on any atom is -0.458 e. The molecule has 0 spiro atoms. The maximum Gasteiger partial charge on any atom is 0.397 e. The largest absolute Gasteiger partial charge is 0.458 e. The van der Waals surface area contributed by atoms with E-state index >= 15 is 0 Å². The Morgan fingerprint density at radius 1 is 1.07 bits per heavy atom. The molecule has 3 saturated heterocycles. The van der Waals surface area contributed by atoms with Gasteiger partial charge in [-0.25, -0.2) is 0 Å². The molecular formula is C20H29F3N2O3. The van der Waals surface area contributed by atoms with E-state index in [9.17, 15) is 22.8 Å². The van der Waals surface area contributed by atoms with Crippen LogP contribution in [0.25, 0.3) is 0 Å². The second kappa shape index (κ2) is 6.61. The first-order valence-corrected chi connectivity index (χ1v) is 10.3. The SMILES string of the molecule is CC(C)(C)C(=O)O[C@@H]1C2C3CC(CC1N3CC1CC1)CN2C(=O)CC(F)(F)F. The van der Waals surface area contributed by atoms with E-state index < -0.39 is 36.1 Å². The zero-order valence-electron chi connectivity index (χ0n) is 16.7. The maximum absolute atomic E-state index is 12.9. The Labute approximate surface area is 163 Å². The van der Waals surface area contributed by atoms with E-state index in [1.165, 1.54) is 17.7 Å². The van der Waals surface area contributed by atoms with Gasteiger partial charge < -0.3 is 9.64 Å². The fourth-order valence-corrected chi connectivity index (χ4v) is 5.19. The topological polar surface area (TPSA) is 49.9 Å². The molecule has 4 unspecified atom stereocenters. The summed E-state index contributed by atoms with van der Waals surface area (Å²) in [5, 5.41) is 0. The van der Waals surface area contributed by atoms with Gasteiger partial charge in [-0.2, -0.15) is 13.2 Å². The van der Waals surface area contributed by atoms with Gasteiger partial charge in [0.15, 0.2) is 0 Å². The molecule has 1 amide bonds. The van der Waals surface area contributed by atoms with E-state index in [0.717, 1.165) is 19.4 Å². The number of carbonyl (C=O) groups is 2. The lowest BCUT2D eigenvalue weighted by molar-refractivity contribution is -0.171. The Morgan fingerprint density at radius 3 is 2.29 bits per heavy atom. The Bertz CT molecular complexity index is 656. The molecule has 0 N–H and O–H groups in total. The van der Waals surface area contributed by atoms with Crippen molar-refractivity contribution in [1.29, 1.82) is 0 Å². The Morgan fingerprint density at radius 2 is 1.71 bits per heavy atom. The van der Waals surface area contributed by atoms with Gasteiger partial charge in [-0.05, 0) is 58.3 Å². The van der Waals surface area contributed by atoms with Crippen LogP contribution in [0.2, 0.25) is 0 Å². The van der Waals surface area contributed by atoms with Crippen molar-refractivity contribution >= 4 is 11.9 Å². The average Bonchev–Trinajstić information content (AvgIpc) is 3.34. The van der Waals surface area contributed by atoms with E-state index in [-0.39, 0.29) is 24.0 Å². The van der Waals surface area contributed by atoms with Gasteiger partial charge in [0.2, 0.25) is 5.91 Å². The predicted molar refractivity (Wildman–Crippen MR) is 95.2 cm³/mol. The molecule has 1 saturated carbocycles. The van der Waals surface area contributed by atoms with Gasteiger partial charge in [-0.1, -0.05) is 0 Å². The predicted octanol–water partition coefficient (Wildman–Crippen LogP) is 2.98. The van der Waals surface area contributed by atoms with Crippen molar-refractivity contribution in [2.24, 2.45) is 17.3 Å². The fraction of sp³-hybridized carbons (Fsp3) is 0.900. The minimum atomic E-state index is -4.53. The summed E-state index contributed by atoms with van der Waals surface area (Å²) >= 11 is 0. The molecule has 4 fully saturated rings. The van der Waals surface area contributed by atoms with Crippen molar-refractivity contribution in [1.82, 2.24) is 9.80 Å². The summed E-state index contributed by atoms with van der Waals surface area (Å²) in [6.45, 7) is 6.53. The molecule has 0 aromatic heterocycles. The number of halogens is 3. The monoisotopic (exact) mass is 402 g/mol. The smallest absolute Gasteiger partial charge is 0.397 e. The number of alkyl halides is 3. The first-order valence-electron chi connectivity index (χ1n) is 10.3. The van der Waals surface area contributed by atoms with Gasteiger partial charge in [0.1, 0.15) is 12.5 Å². The highest BCUT2D eigenvalue weighted by molar-refractivity contribution is 5.78. The highest BCUT2D eigenvalue weighted by Crippen LogP contribution is 2.49. The van der Waals surface area contributed by atoms with Crippen LogP contribution in [0.1, 0.15) is 52.9 Å². The van der Waals surface area contributed by atoms with Gasteiger partial charge in [0, 0.05) is 25.2 Å². The fourth-order valence-electron chi connectivity index (χ4n) is 5.19. The molecule has 5 nitrogen and oxygen atoms in total. The number of likely N-dealkylation sites (tertiary alicyclic amines) is 1. The lowest BCUT2D eigenvalue weighted by Gasteiger charge is -2.46. The summed E-state index contributed by atoms with van der Waals surface area (Å²) in [5.74, 6) is -0.448. The number of hydrogen-bond donors (Lipinski definition) is 0. The zero-order chi connectivity index (χ0) is 20.4. The van der Waals surface area contributed by atoms with Crippen LogP contribution in [0, 0.1) is 17.3 Å². The lowest BCUT2D eigenvalue weighted by Crippen LogP contribution is -2.58. The molecule has 4 rings (SSSR count). The molecule has 3 aliphatic heterocycles. The standard InChI is InChI=1S/C20H29F3N2O3/c1-19(2,3)18(27)28-17-14-7-12-6-13(24(14)9-11-4-5-11)16(17)25(10-12)15(26)8-20(21,22)23/h11-14,16-17H,4-10H2,1-3H3/t12?,13?,14?,16?,17-/m0/s1. The van der Waals surface area contributed by atoms with Gasteiger partial charge in [0.05, 0.1) is 11.5 Å². The highest BCUT2D eigenvalue weighted by Gasteiger charge is 2.61. The molecule has 8 heteroatoms. The van der Waals surface area contributed by atoms with Crippen LogP contribution in [0.3, 0.4) is 0 Å². The van der Waals surface area contributed by atoms with Crippen molar-refractivity contribution in [2.75, 3.05) is 13.1 Å². The summed E-state index contributed by atoms with van der Waals surface area (Å²) in [5.41, 5.74) is -0.698. The number of esters is 1. The van der Waals surface area contributed by atoms with Crippen LogP contribution in [0.5, 0.6) is 0 Å². The quantitative estimate of drug-likeness (QED) is 0.679. The number of hydrogen-bond acceptors (Lipinski definition) is 4. The molecule has 0 aromatic rings. The van der Waals surface area contributed by atoms with Crippen molar-refractivity contribution in [2.45, 2.75) is 83.3 Å². The second-order valence-electron chi connectivity index (χ2n) is 10.1. The van der Waals surface area contributed by atoms with Crippen molar-refractivity contribution in [3.8, 4) is 0 Å². The summed E-state index contributed by atoms with van der Waals surface area (Å²) in [6, 6.07) is -0.471. The lowest BCUT2D eigenvalue weighted by atomic mass is 9.86. The summed E-state index contributed by atoms with van der Waals surface area (Å²) in [7, 11) is 0. The van der Waals surface area contributed by atoms with E-state index in [1.54, 1.807) is 20.8 Å². The van der Waals surface area contributed by atoms with E-state index in [0.29, 0.717) is 12.5 Å². The Balaban J connectivity index is 1.62. The van der Waals surface area contributed by atoms with Gasteiger partial charge >= 0.3 is 12.1 Å². The highest BCUT2D eigenvalue weighted by atomic mass is 19.4. The third-order valence-electron chi connectivity index (χ3n) is 6.62. The van der Waals surface area contributed by atoms with Crippen molar-refractivity contribution < 1.29 is 27.5 Å². The third-order valence-corrected chi connectivity index (χ3v) is 6.62. The van der Waals surface area contributed by atoms with E-state index in [1.807, 2.05) is 0 Å². The van der Waals surface area contributed by atoms with Crippen molar-refractivity contribution in [3.63, 3.8) is 0 Å². The molecule has 5 atom stereocenters. The minimum absolute atomic E-state index is 0.00402. The van der Waals surface area contributed by atoms with Gasteiger partial charge in [0.25, 0.3) is 0 Å². The maximum atomic E-state index is 12.9. The van der Waals surface area contributed by atoms with Crippen LogP contribution in [-0.4, -0.2) is 65.2 Å². The molecule has 1 aliphatic carbocycles. The number of amides is 1. The number of ether oxygens (including phenoxy) is 1. The Hall–Kier alpha value is -1.31. The summed E-state index contributed by atoms with van der Waals surface area (Å²) in [4.78, 5) is 28.9. The second-order valence-corrected chi connectivity index (χ2v) is 10.1. The first-order chi connectivity index (χ1) is 12.9. The van der Waals surface area contributed by atoms with Gasteiger partial charge in [-0.3, -0.25) is 14.5 Å². The van der Waals surface area contributed by atoms with E-state index in [2.05, 4.69) is 4.90 Å². The molecule has 28 heavy (non-hydrogen) atoms. The number of rotatable bonds is 4. The molecule has 3 bridgehead atoms. The number of carbonyl (C=O) groups excluding carboxylic acids is 2. The number of nitrogens with zero attached hydrogens (tertiary/aromatic N) is 2. The molecule has 4 aliphatic rings. The number of fused-ring (bicyclic) bond motifs is 2. The van der Waals surface area contributed by atoms with Crippen LogP contribution in [-0.2, 0) is 14.3 Å². The van der Waals surface area contributed by atoms with Crippen LogP contribution in [0.4, 0.5) is 13.2 Å². The zero-order valence-corrected chi connectivity index (χ0v) is 16.7. The number of piperidine rings is 2. The van der Waals surface area contributed by atoms with Crippen LogP contribution >= 0.6 is 0 Å². The average molecular weight is 402 g/mol. The summed E-state index contributed by atoms with van der Waals surface area (Å²) < 4.78 is 44.6. The third kappa shape index (κ3) is 3.76. The summed E-state index contributed by atoms with van der Waals surface area (Å²) in [6.07, 6.45) is -2.53. The normalized spacial score (nSPS) is 35.4. The molecular weight excluding hydrogens is 373 g/mol. The molecule has 0 aromatic carbocycles. The molecule has 3 heterocycles. The molecule has 0 radical (unpaired) electrons. The molecule has 158 valence electrons. The van der Waals surface area contributed by atoms with Crippen LogP contribution < -0.4 is 0 Å². The van der Waals surface area contributed by atoms with Crippen molar-refractivity contribution in [3.05, 3.63) is 0 Å². The van der Waals surface area contributed by atoms with Crippen LogP contribution in [0.15, 0.2) is 0 Å². The van der Waals surface area contributed by atoms with Gasteiger partial charge in [-0.15, -0.1) is 0 Å². The first kappa shape index (κ1) is 20.0. The van der Waals surface area contributed by atoms with E-state index in [4.69, 9.17) is 4.74 Å².